The Balaban J connectivity index is 1.34. The van der Waals surface area contributed by atoms with Gasteiger partial charge >= 0.3 is 0 Å². The van der Waals surface area contributed by atoms with E-state index >= 15 is 0 Å². The molecule has 7 nitrogen and oxygen atoms in total. The SMILES string of the molecule is CN(Cc1ccc2c(c1)OCCO2)C(=O)/C=C/c1cn(Cc2ccccc2)nn1. The van der Waals surface area contributed by atoms with Crippen LogP contribution in [0.3, 0.4) is 0 Å². The fourth-order valence-corrected chi connectivity index (χ4v) is 3.06. The zero-order valence-electron chi connectivity index (χ0n) is 16.2. The van der Waals surface area contributed by atoms with Crippen LogP contribution in [0.15, 0.2) is 60.8 Å². The van der Waals surface area contributed by atoms with Gasteiger partial charge in [0, 0.05) is 19.7 Å². The number of aromatic nitrogens is 3. The highest BCUT2D eigenvalue weighted by atomic mass is 16.6. The lowest BCUT2D eigenvalue weighted by Crippen LogP contribution is -2.24. The van der Waals surface area contributed by atoms with Crippen LogP contribution in [-0.4, -0.2) is 46.1 Å². The molecule has 1 aliphatic rings. The Morgan fingerprint density at radius 3 is 2.72 bits per heavy atom. The van der Waals surface area contributed by atoms with Gasteiger partial charge in [-0.15, -0.1) is 5.10 Å². The summed E-state index contributed by atoms with van der Waals surface area (Å²) in [6.07, 6.45) is 5.00. The highest BCUT2D eigenvalue weighted by molar-refractivity contribution is 5.91. The first-order chi connectivity index (χ1) is 14.2. The third-order valence-corrected chi connectivity index (χ3v) is 4.54. The van der Waals surface area contributed by atoms with E-state index in [2.05, 4.69) is 10.3 Å². The average Bonchev–Trinajstić information content (AvgIpc) is 3.20. The maximum atomic E-state index is 12.4. The predicted molar refractivity (Wildman–Crippen MR) is 109 cm³/mol. The molecule has 2 aromatic carbocycles. The van der Waals surface area contributed by atoms with Crippen molar-refractivity contribution in [2.75, 3.05) is 20.3 Å². The number of hydrogen-bond acceptors (Lipinski definition) is 5. The van der Waals surface area contributed by atoms with Gasteiger partial charge in [0.1, 0.15) is 18.9 Å². The summed E-state index contributed by atoms with van der Waals surface area (Å²) in [6, 6.07) is 15.8. The molecule has 3 aromatic rings. The van der Waals surface area contributed by atoms with Gasteiger partial charge < -0.3 is 14.4 Å². The molecule has 0 fully saturated rings. The zero-order valence-corrected chi connectivity index (χ0v) is 16.2. The second-order valence-electron chi connectivity index (χ2n) is 6.83. The van der Waals surface area contributed by atoms with Gasteiger partial charge in [-0.1, -0.05) is 41.6 Å². The lowest BCUT2D eigenvalue weighted by Gasteiger charge is -2.20. The molecule has 29 heavy (non-hydrogen) atoms. The number of fused-ring (bicyclic) bond motifs is 1. The summed E-state index contributed by atoms with van der Waals surface area (Å²) in [4.78, 5) is 14.1. The third kappa shape index (κ3) is 4.82. The summed E-state index contributed by atoms with van der Waals surface area (Å²) in [5, 5.41) is 8.21. The zero-order chi connectivity index (χ0) is 20.1. The van der Waals surface area contributed by atoms with E-state index in [0.29, 0.717) is 32.0 Å². The van der Waals surface area contributed by atoms with Gasteiger partial charge in [-0.3, -0.25) is 4.79 Å². The van der Waals surface area contributed by atoms with E-state index < -0.39 is 0 Å². The van der Waals surface area contributed by atoms with Crippen molar-refractivity contribution in [3.05, 3.63) is 77.6 Å². The quantitative estimate of drug-likeness (QED) is 0.606. The number of ether oxygens (including phenoxy) is 2. The van der Waals surface area contributed by atoms with Crippen molar-refractivity contribution >= 4 is 12.0 Å². The van der Waals surface area contributed by atoms with Gasteiger partial charge in [0.2, 0.25) is 5.91 Å². The molecule has 0 radical (unpaired) electrons. The van der Waals surface area contributed by atoms with Crippen LogP contribution in [0.1, 0.15) is 16.8 Å². The van der Waals surface area contributed by atoms with Gasteiger partial charge in [-0.2, -0.15) is 0 Å². The number of benzene rings is 2. The molecule has 7 heteroatoms. The average molecular weight is 390 g/mol. The molecule has 148 valence electrons. The molecule has 1 amide bonds. The molecule has 0 spiro atoms. The van der Waals surface area contributed by atoms with Crippen molar-refractivity contribution in [3.63, 3.8) is 0 Å². The summed E-state index contributed by atoms with van der Waals surface area (Å²) in [6.45, 7) is 2.21. The smallest absolute Gasteiger partial charge is 0.246 e. The van der Waals surface area contributed by atoms with Crippen molar-refractivity contribution in [3.8, 4) is 11.5 Å². The normalized spacial score (nSPS) is 12.9. The molecule has 0 atom stereocenters. The molecular weight excluding hydrogens is 368 g/mol. The van der Waals surface area contributed by atoms with Crippen molar-refractivity contribution in [2.45, 2.75) is 13.1 Å². The number of carbonyl (C=O) groups is 1. The molecule has 0 saturated heterocycles. The van der Waals surface area contributed by atoms with Crippen molar-refractivity contribution in [1.82, 2.24) is 19.9 Å². The summed E-state index contributed by atoms with van der Waals surface area (Å²) in [7, 11) is 1.76. The summed E-state index contributed by atoms with van der Waals surface area (Å²) >= 11 is 0. The van der Waals surface area contributed by atoms with Gasteiger partial charge in [-0.25, -0.2) is 4.68 Å². The standard InChI is InChI=1S/C22H22N4O3/c1-25(14-18-7-9-20-21(13-18)29-12-11-28-20)22(27)10-8-19-16-26(24-23-19)15-17-5-3-2-4-6-17/h2-10,13,16H,11-12,14-15H2,1H3/b10-8+. The first kappa shape index (κ1) is 18.7. The van der Waals surface area contributed by atoms with Crippen LogP contribution in [0.2, 0.25) is 0 Å². The van der Waals surface area contributed by atoms with Crippen LogP contribution in [0, 0.1) is 0 Å². The van der Waals surface area contributed by atoms with Crippen LogP contribution in [0.25, 0.3) is 6.08 Å². The highest BCUT2D eigenvalue weighted by Gasteiger charge is 2.13. The molecule has 0 N–H and O–H groups in total. The summed E-state index contributed by atoms with van der Waals surface area (Å²) in [5.74, 6) is 1.35. The minimum Gasteiger partial charge on any atom is -0.486 e. The second kappa shape index (κ2) is 8.60. The van der Waals surface area contributed by atoms with Gasteiger partial charge in [0.25, 0.3) is 0 Å². The number of amides is 1. The molecule has 0 bridgehead atoms. The van der Waals surface area contributed by atoms with Crippen molar-refractivity contribution in [1.29, 1.82) is 0 Å². The van der Waals surface area contributed by atoms with Gasteiger partial charge in [0.05, 0.1) is 12.7 Å². The minimum absolute atomic E-state index is 0.113. The van der Waals surface area contributed by atoms with Crippen molar-refractivity contribution < 1.29 is 14.3 Å². The van der Waals surface area contributed by atoms with Gasteiger partial charge in [-0.05, 0) is 29.3 Å². The third-order valence-electron chi connectivity index (χ3n) is 4.54. The van der Waals surface area contributed by atoms with E-state index in [1.54, 1.807) is 22.7 Å². The van der Waals surface area contributed by atoms with Crippen LogP contribution in [-0.2, 0) is 17.9 Å². The van der Waals surface area contributed by atoms with E-state index in [-0.39, 0.29) is 5.91 Å². The highest BCUT2D eigenvalue weighted by Crippen LogP contribution is 2.31. The second-order valence-corrected chi connectivity index (χ2v) is 6.83. The Labute approximate surface area is 169 Å². The lowest BCUT2D eigenvalue weighted by atomic mass is 10.2. The van der Waals surface area contributed by atoms with Crippen LogP contribution < -0.4 is 9.47 Å². The molecule has 4 rings (SSSR count). The first-order valence-corrected chi connectivity index (χ1v) is 9.43. The van der Waals surface area contributed by atoms with Crippen molar-refractivity contribution in [2.24, 2.45) is 0 Å². The molecule has 1 aliphatic heterocycles. The van der Waals surface area contributed by atoms with E-state index in [1.165, 1.54) is 6.08 Å². The number of hydrogen-bond donors (Lipinski definition) is 0. The van der Waals surface area contributed by atoms with E-state index in [1.807, 2.05) is 54.7 Å². The number of rotatable bonds is 6. The first-order valence-electron chi connectivity index (χ1n) is 9.43. The fourth-order valence-electron chi connectivity index (χ4n) is 3.06. The Morgan fingerprint density at radius 2 is 1.90 bits per heavy atom. The van der Waals surface area contributed by atoms with E-state index in [0.717, 1.165) is 22.6 Å². The van der Waals surface area contributed by atoms with Crippen LogP contribution >= 0.6 is 0 Å². The summed E-state index contributed by atoms with van der Waals surface area (Å²) in [5.41, 5.74) is 2.76. The fraction of sp³-hybridized carbons (Fsp3) is 0.227. The molecule has 0 saturated carbocycles. The molecule has 0 unspecified atom stereocenters. The number of nitrogens with zero attached hydrogens (tertiary/aromatic N) is 4. The van der Waals surface area contributed by atoms with Crippen LogP contribution in [0.4, 0.5) is 0 Å². The predicted octanol–water partition coefficient (Wildman–Crippen LogP) is 2.77. The summed E-state index contributed by atoms with van der Waals surface area (Å²) < 4.78 is 12.9. The topological polar surface area (TPSA) is 69.5 Å². The number of carbonyl (C=O) groups excluding carboxylic acids is 1. The molecule has 2 heterocycles. The molecule has 0 aliphatic carbocycles. The molecular formula is C22H22N4O3. The maximum Gasteiger partial charge on any atom is 0.246 e. The largest absolute Gasteiger partial charge is 0.486 e. The van der Waals surface area contributed by atoms with Crippen LogP contribution in [0.5, 0.6) is 11.5 Å². The Kier molecular flexibility index (Phi) is 5.56. The Hall–Kier alpha value is -3.61. The maximum absolute atomic E-state index is 12.4. The monoisotopic (exact) mass is 390 g/mol. The van der Waals surface area contributed by atoms with E-state index in [9.17, 15) is 4.79 Å². The Bertz CT molecular complexity index is 1010. The van der Waals surface area contributed by atoms with Gasteiger partial charge in [0.15, 0.2) is 11.5 Å². The number of likely N-dealkylation sites (N-methyl/N-ethyl adjacent to an activating group) is 1. The minimum atomic E-state index is -0.113. The van der Waals surface area contributed by atoms with E-state index in [4.69, 9.17) is 9.47 Å². The Morgan fingerprint density at radius 1 is 1.10 bits per heavy atom. The lowest BCUT2D eigenvalue weighted by molar-refractivity contribution is -0.125. The molecule has 1 aromatic heterocycles.